The Morgan fingerprint density at radius 2 is 1.93 bits per heavy atom. The maximum Gasteiger partial charge on any atom is 0.338 e. The van der Waals surface area contributed by atoms with Crippen molar-refractivity contribution in [1.82, 2.24) is 4.57 Å². The van der Waals surface area contributed by atoms with E-state index in [1.54, 1.807) is 68.5 Å². The normalized spacial score (nSPS) is 14.9. The molecule has 11 nitrogen and oxygen atoms in total. The lowest BCUT2D eigenvalue weighted by molar-refractivity contribution is -0.385. The monoisotopic (exact) mass is 589 g/mol. The molecule has 0 saturated heterocycles. The van der Waals surface area contributed by atoms with Crippen LogP contribution in [0.4, 0.5) is 5.69 Å². The topological polar surface area (TPSA) is 135 Å². The van der Waals surface area contributed by atoms with Gasteiger partial charge in [-0.3, -0.25) is 19.5 Å². The van der Waals surface area contributed by atoms with Gasteiger partial charge in [-0.05, 0) is 32.0 Å². The molecule has 1 unspecified atom stereocenters. The number of allylic oxidation sites excluding steroid dienone is 1. The number of nitro benzene ring substituents is 1. The second-order valence-electron chi connectivity index (χ2n) is 9.41. The number of aryl methyl sites for hydroxylation is 1. The third kappa shape index (κ3) is 5.41. The van der Waals surface area contributed by atoms with Crippen LogP contribution in [-0.4, -0.2) is 42.9 Å². The molecule has 5 rings (SSSR count). The lowest BCUT2D eigenvalue weighted by Crippen LogP contribution is -2.40. The number of para-hydroxylation sites is 1. The van der Waals surface area contributed by atoms with E-state index in [1.165, 1.54) is 24.9 Å². The molecule has 4 aromatic rings. The van der Waals surface area contributed by atoms with Gasteiger partial charge in [0.2, 0.25) is 0 Å². The SMILES string of the molecule is COCCOC(=O)C1=C(C)N=c2sc(=Cc3ccc(-c4ccc(C)c([N+](=O)[O-])c4)o3)c(=O)n2C1c1ccccc1OC. The third-order valence-corrected chi connectivity index (χ3v) is 7.77. The van der Waals surface area contributed by atoms with E-state index in [2.05, 4.69) is 4.99 Å². The highest BCUT2D eigenvalue weighted by Gasteiger charge is 2.35. The first-order chi connectivity index (χ1) is 20.2. The number of ether oxygens (including phenoxy) is 3. The Labute approximate surface area is 243 Å². The van der Waals surface area contributed by atoms with Crippen LogP contribution in [0.25, 0.3) is 17.4 Å². The molecule has 0 saturated carbocycles. The summed E-state index contributed by atoms with van der Waals surface area (Å²) in [5, 5.41) is 11.4. The summed E-state index contributed by atoms with van der Waals surface area (Å²) in [5.41, 5.74) is 1.92. The van der Waals surface area contributed by atoms with Gasteiger partial charge in [0.15, 0.2) is 4.80 Å². The number of hydrogen-bond donors (Lipinski definition) is 0. The average molecular weight is 590 g/mol. The van der Waals surface area contributed by atoms with Gasteiger partial charge in [0, 0.05) is 35.9 Å². The van der Waals surface area contributed by atoms with Crippen LogP contribution in [0.1, 0.15) is 29.9 Å². The van der Waals surface area contributed by atoms with Crippen LogP contribution < -0.4 is 19.6 Å². The van der Waals surface area contributed by atoms with E-state index in [-0.39, 0.29) is 30.0 Å². The highest BCUT2D eigenvalue weighted by Crippen LogP contribution is 2.35. The van der Waals surface area contributed by atoms with Crippen molar-refractivity contribution in [1.29, 1.82) is 0 Å². The smallest absolute Gasteiger partial charge is 0.338 e. The number of fused-ring (bicyclic) bond motifs is 1. The highest BCUT2D eigenvalue weighted by molar-refractivity contribution is 7.07. The zero-order chi connectivity index (χ0) is 30.0. The van der Waals surface area contributed by atoms with E-state index in [1.807, 2.05) is 0 Å². The quantitative estimate of drug-likeness (QED) is 0.124. The van der Waals surface area contributed by atoms with Crippen LogP contribution in [-0.2, 0) is 14.3 Å². The first-order valence-electron chi connectivity index (χ1n) is 12.9. The van der Waals surface area contributed by atoms with E-state index in [0.717, 1.165) is 11.3 Å². The van der Waals surface area contributed by atoms with Gasteiger partial charge in [-0.15, -0.1) is 0 Å². The number of benzene rings is 2. The zero-order valence-electron chi connectivity index (χ0n) is 23.3. The average Bonchev–Trinajstić information content (AvgIpc) is 3.56. The summed E-state index contributed by atoms with van der Waals surface area (Å²) < 4.78 is 23.8. The lowest BCUT2D eigenvalue weighted by atomic mass is 9.95. The minimum Gasteiger partial charge on any atom is -0.496 e. The summed E-state index contributed by atoms with van der Waals surface area (Å²) in [4.78, 5) is 43.1. The maximum atomic E-state index is 13.9. The number of hydrogen-bond acceptors (Lipinski definition) is 10. The third-order valence-electron chi connectivity index (χ3n) is 6.79. The van der Waals surface area contributed by atoms with Crippen molar-refractivity contribution in [2.24, 2.45) is 4.99 Å². The van der Waals surface area contributed by atoms with E-state index in [0.29, 0.717) is 49.0 Å². The minimum absolute atomic E-state index is 0.0120. The molecular weight excluding hydrogens is 562 g/mol. The highest BCUT2D eigenvalue weighted by atomic mass is 32.1. The van der Waals surface area contributed by atoms with Gasteiger partial charge in [0.1, 0.15) is 29.9 Å². The lowest BCUT2D eigenvalue weighted by Gasteiger charge is -2.26. The van der Waals surface area contributed by atoms with Crippen LogP contribution in [0.2, 0.25) is 0 Å². The molecular formula is C30H27N3O8S. The Hall–Kier alpha value is -4.81. The number of carbonyl (C=O) groups is 1. The van der Waals surface area contributed by atoms with Crippen molar-refractivity contribution in [2.75, 3.05) is 27.4 Å². The van der Waals surface area contributed by atoms with E-state index in [4.69, 9.17) is 18.6 Å². The Morgan fingerprint density at radius 3 is 2.67 bits per heavy atom. The van der Waals surface area contributed by atoms with Crippen molar-refractivity contribution < 1.29 is 28.3 Å². The van der Waals surface area contributed by atoms with Gasteiger partial charge >= 0.3 is 5.97 Å². The van der Waals surface area contributed by atoms with Crippen molar-refractivity contribution in [3.63, 3.8) is 0 Å². The maximum absolute atomic E-state index is 13.9. The number of rotatable bonds is 9. The number of aromatic nitrogens is 1. The summed E-state index contributed by atoms with van der Waals surface area (Å²) >= 11 is 1.15. The molecule has 0 radical (unpaired) electrons. The molecule has 2 aromatic heterocycles. The largest absolute Gasteiger partial charge is 0.496 e. The number of furan rings is 1. The molecule has 3 heterocycles. The van der Waals surface area contributed by atoms with E-state index >= 15 is 0 Å². The zero-order valence-corrected chi connectivity index (χ0v) is 24.1. The molecule has 1 aliphatic rings. The molecule has 2 aromatic carbocycles. The molecule has 0 amide bonds. The van der Waals surface area contributed by atoms with Crippen LogP contribution in [0.15, 0.2) is 80.1 Å². The second-order valence-corrected chi connectivity index (χ2v) is 10.4. The summed E-state index contributed by atoms with van der Waals surface area (Å²) in [6.07, 6.45) is 1.59. The van der Waals surface area contributed by atoms with Crippen LogP contribution in [0.3, 0.4) is 0 Å². The Balaban J connectivity index is 1.61. The van der Waals surface area contributed by atoms with Gasteiger partial charge in [-0.25, -0.2) is 9.79 Å². The number of esters is 1. The predicted octanol–water partition coefficient (Wildman–Crippen LogP) is 3.91. The number of nitrogens with zero attached hydrogens (tertiary/aromatic N) is 3. The summed E-state index contributed by atoms with van der Waals surface area (Å²) in [5.74, 6) is 0.682. The summed E-state index contributed by atoms with van der Waals surface area (Å²) in [6.45, 7) is 3.63. The summed E-state index contributed by atoms with van der Waals surface area (Å²) in [6, 6.07) is 14.5. The molecule has 1 atom stereocenters. The molecule has 42 heavy (non-hydrogen) atoms. The fourth-order valence-corrected chi connectivity index (χ4v) is 5.77. The van der Waals surface area contributed by atoms with Crippen molar-refractivity contribution in [3.8, 4) is 17.1 Å². The minimum atomic E-state index is -0.852. The standard InChI is InChI=1S/C30H27N3O8S/c1-17-9-10-19(15-22(17)33(36)37)23-12-11-20(41-23)16-25-28(34)32-27(21-7-5-6-8-24(21)39-4)26(18(2)31-30(32)42-25)29(35)40-14-13-38-3/h5-12,15-16,27H,13-14H2,1-4H3. The van der Waals surface area contributed by atoms with Crippen molar-refractivity contribution >= 4 is 29.1 Å². The summed E-state index contributed by atoms with van der Waals surface area (Å²) in [7, 11) is 3.03. The fourth-order valence-electron chi connectivity index (χ4n) is 4.74. The molecule has 0 aliphatic carbocycles. The fraction of sp³-hybridized carbons (Fsp3) is 0.233. The number of nitro groups is 1. The number of methoxy groups -OCH3 is 2. The van der Waals surface area contributed by atoms with Gasteiger partial charge in [0.05, 0.1) is 34.4 Å². The van der Waals surface area contributed by atoms with Gasteiger partial charge in [-0.2, -0.15) is 0 Å². The van der Waals surface area contributed by atoms with Crippen LogP contribution >= 0.6 is 11.3 Å². The number of carbonyl (C=O) groups excluding carboxylic acids is 1. The molecule has 12 heteroatoms. The molecule has 0 spiro atoms. The van der Waals surface area contributed by atoms with Crippen LogP contribution in [0.5, 0.6) is 5.75 Å². The first kappa shape index (κ1) is 28.7. The van der Waals surface area contributed by atoms with Crippen LogP contribution in [0, 0.1) is 17.0 Å². The Kier molecular flexibility index (Phi) is 8.18. The molecule has 0 N–H and O–H groups in total. The molecule has 0 fully saturated rings. The molecule has 0 bridgehead atoms. The Bertz CT molecular complexity index is 1900. The second kappa shape index (κ2) is 12.0. The van der Waals surface area contributed by atoms with Crippen molar-refractivity contribution in [2.45, 2.75) is 19.9 Å². The van der Waals surface area contributed by atoms with Gasteiger partial charge in [-0.1, -0.05) is 41.7 Å². The molecule has 1 aliphatic heterocycles. The van der Waals surface area contributed by atoms with Crippen molar-refractivity contribution in [3.05, 3.63) is 113 Å². The van der Waals surface area contributed by atoms with E-state index < -0.39 is 16.9 Å². The predicted molar refractivity (Wildman–Crippen MR) is 155 cm³/mol. The Morgan fingerprint density at radius 1 is 1.14 bits per heavy atom. The first-order valence-corrected chi connectivity index (χ1v) is 13.7. The number of thiazole rings is 1. The molecule has 216 valence electrons. The van der Waals surface area contributed by atoms with Gasteiger partial charge < -0.3 is 18.6 Å². The van der Waals surface area contributed by atoms with Gasteiger partial charge in [0.25, 0.3) is 11.2 Å². The van der Waals surface area contributed by atoms with E-state index in [9.17, 15) is 19.7 Å².